The van der Waals surface area contributed by atoms with Crippen molar-refractivity contribution in [2.45, 2.75) is 13.0 Å². The molecule has 13 heavy (non-hydrogen) atoms. The first kappa shape index (κ1) is 11.7. The van der Waals surface area contributed by atoms with Crippen LogP contribution < -0.4 is 0 Å². The molecule has 0 aromatic carbocycles. The third-order valence-electron chi connectivity index (χ3n) is 1.24. The Morgan fingerprint density at radius 1 is 1.69 bits per heavy atom. The van der Waals surface area contributed by atoms with E-state index in [1.807, 2.05) is 0 Å². The molecule has 4 heteroatoms. The van der Waals surface area contributed by atoms with E-state index in [2.05, 4.69) is 13.2 Å². The van der Waals surface area contributed by atoms with E-state index in [0.717, 1.165) is 0 Å². The average Bonchev–Trinajstić information content (AvgIpc) is 2.11. The maximum absolute atomic E-state index is 10.9. The normalized spacial score (nSPS) is 11.5. The lowest BCUT2D eigenvalue weighted by atomic mass is 10.3. The van der Waals surface area contributed by atoms with Crippen molar-refractivity contribution >= 4 is 5.97 Å². The molecule has 0 heterocycles. The highest BCUT2D eigenvalue weighted by atomic mass is 16.6. The Labute approximate surface area is 77.5 Å². The quantitative estimate of drug-likeness (QED) is 0.375. The molecule has 0 fully saturated rings. The molecule has 0 spiro atoms. The fourth-order valence-electron chi connectivity index (χ4n) is 0.563. The zero-order chi connectivity index (χ0) is 10.3. The van der Waals surface area contributed by atoms with Crippen LogP contribution in [0.2, 0.25) is 0 Å². The first-order valence-electron chi connectivity index (χ1n) is 3.81. The van der Waals surface area contributed by atoms with Crippen LogP contribution in [0.25, 0.3) is 0 Å². The smallest absolute Gasteiger partial charge is 0.333 e. The molecule has 4 nitrogen and oxygen atoms in total. The van der Waals surface area contributed by atoms with Crippen molar-refractivity contribution in [3.63, 3.8) is 0 Å². The van der Waals surface area contributed by atoms with Crippen molar-refractivity contribution in [2.75, 3.05) is 13.2 Å². The Morgan fingerprint density at radius 2 is 2.31 bits per heavy atom. The lowest BCUT2D eigenvalue weighted by molar-refractivity contribution is -0.142. The SMILES string of the molecule is C=COC(CO)COC(=O)C(=C)C. The molecule has 0 aromatic rings. The van der Waals surface area contributed by atoms with Gasteiger partial charge in [-0.1, -0.05) is 13.2 Å². The number of aliphatic hydroxyl groups excluding tert-OH is 1. The lowest BCUT2D eigenvalue weighted by Gasteiger charge is -2.13. The molecule has 0 amide bonds. The van der Waals surface area contributed by atoms with Crippen LogP contribution in [0, 0.1) is 0 Å². The Morgan fingerprint density at radius 3 is 2.69 bits per heavy atom. The summed E-state index contributed by atoms with van der Waals surface area (Å²) in [6, 6.07) is 0. The Balaban J connectivity index is 3.77. The van der Waals surface area contributed by atoms with Gasteiger partial charge in [0, 0.05) is 5.57 Å². The maximum atomic E-state index is 10.9. The molecule has 1 unspecified atom stereocenters. The van der Waals surface area contributed by atoms with Crippen LogP contribution in [0.3, 0.4) is 0 Å². The second-order valence-corrected chi connectivity index (χ2v) is 2.49. The highest BCUT2D eigenvalue weighted by Crippen LogP contribution is 1.97. The van der Waals surface area contributed by atoms with Crippen LogP contribution in [0.15, 0.2) is 25.0 Å². The molecular weight excluding hydrogens is 172 g/mol. The third-order valence-corrected chi connectivity index (χ3v) is 1.24. The number of carbonyl (C=O) groups is 1. The van der Waals surface area contributed by atoms with Gasteiger partial charge in [-0.05, 0) is 6.92 Å². The molecule has 0 saturated carbocycles. The topological polar surface area (TPSA) is 55.8 Å². The van der Waals surface area contributed by atoms with Crippen molar-refractivity contribution in [2.24, 2.45) is 0 Å². The number of rotatable bonds is 6. The summed E-state index contributed by atoms with van der Waals surface area (Å²) in [6.07, 6.45) is 0.635. The van der Waals surface area contributed by atoms with Crippen molar-refractivity contribution < 1.29 is 19.4 Å². The van der Waals surface area contributed by atoms with Gasteiger partial charge in [0.1, 0.15) is 6.61 Å². The summed E-state index contributed by atoms with van der Waals surface area (Å²) in [4.78, 5) is 10.9. The summed E-state index contributed by atoms with van der Waals surface area (Å²) in [6.45, 7) is 8.04. The molecule has 0 rings (SSSR count). The van der Waals surface area contributed by atoms with Crippen LogP contribution in [0.1, 0.15) is 6.92 Å². The summed E-state index contributed by atoms with van der Waals surface area (Å²) < 4.78 is 9.57. The van der Waals surface area contributed by atoms with Gasteiger partial charge in [-0.25, -0.2) is 4.79 Å². The van der Waals surface area contributed by atoms with Gasteiger partial charge in [-0.15, -0.1) is 0 Å². The van der Waals surface area contributed by atoms with Gasteiger partial charge in [-0.2, -0.15) is 0 Å². The molecule has 0 radical (unpaired) electrons. The van der Waals surface area contributed by atoms with E-state index in [1.165, 1.54) is 6.26 Å². The average molecular weight is 186 g/mol. The molecule has 1 atom stereocenters. The second kappa shape index (κ2) is 6.25. The van der Waals surface area contributed by atoms with Crippen LogP contribution >= 0.6 is 0 Å². The van der Waals surface area contributed by atoms with Gasteiger partial charge in [0.15, 0.2) is 6.10 Å². The predicted octanol–water partition coefficient (Wildman–Crippen LogP) is 0.627. The first-order chi connectivity index (χ1) is 6.11. The first-order valence-corrected chi connectivity index (χ1v) is 3.81. The molecule has 0 aliphatic heterocycles. The highest BCUT2D eigenvalue weighted by Gasteiger charge is 2.10. The zero-order valence-corrected chi connectivity index (χ0v) is 7.66. The third kappa shape index (κ3) is 5.03. The van der Waals surface area contributed by atoms with E-state index in [1.54, 1.807) is 6.92 Å². The molecule has 0 aliphatic carbocycles. The summed E-state index contributed by atoms with van der Waals surface area (Å²) in [7, 11) is 0. The molecular formula is C9H14O4. The van der Waals surface area contributed by atoms with E-state index in [4.69, 9.17) is 14.6 Å². The second-order valence-electron chi connectivity index (χ2n) is 2.49. The lowest BCUT2D eigenvalue weighted by Crippen LogP contribution is -2.24. The standard InChI is InChI=1S/C9H14O4/c1-4-12-8(5-10)6-13-9(11)7(2)3/h4,8,10H,1-2,5-6H2,3H3. The number of ether oxygens (including phenoxy) is 2. The molecule has 0 saturated heterocycles. The van der Waals surface area contributed by atoms with E-state index >= 15 is 0 Å². The minimum atomic E-state index is -0.555. The van der Waals surface area contributed by atoms with E-state index < -0.39 is 12.1 Å². The highest BCUT2D eigenvalue weighted by molar-refractivity contribution is 5.86. The number of esters is 1. The van der Waals surface area contributed by atoms with Gasteiger partial charge >= 0.3 is 5.97 Å². The fraction of sp³-hybridized carbons (Fsp3) is 0.444. The maximum Gasteiger partial charge on any atom is 0.333 e. The number of hydrogen-bond donors (Lipinski definition) is 1. The van der Waals surface area contributed by atoms with Gasteiger partial charge in [0.05, 0.1) is 12.9 Å². The summed E-state index contributed by atoms with van der Waals surface area (Å²) in [5, 5.41) is 8.72. The Kier molecular flexibility index (Phi) is 5.63. The van der Waals surface area contributed by atoms with E-state index in [0.29, 0.717) is 5.57 Å². The van der Waals surface area contributed by atoms with Gasteiger partial charge in [0.25, 0.3) is 0 Å². The summed E-state index contributed by atoms with van der Waals surface area (Å²) in [5.74, 6) is -0.494. The van der Waals surface area contributed by atoms with Crippen LogP contribution in [0.5, 0.6) is 0 Å². The van der Waals surface area contributed by atoms with Crippen molar-refractivity contribution in [3.05, 3.63) is 25.0 Å². The number of aliphatic hydroxyl groups is 1. The summed E-state index contributed by atoms with van der Waals surface area (Å²) >= 11 is 0. The monoisotopic (exact) mass is 186 g/mol. The minimum Gasteiger partial charge on any atom is -0.493 e. The molecule has 0 aromatic heterocycles. The molecule has 0 aliphatic rings. The largest absolute Gasteiger partial charge is 0.493 e. The number of carbonyl (C=O) groups excluding carboxylic acids is 1. The summed E-state index contributed by atoms with van der Waals surface area (Å²) in [5.41, 5.74) is 0.315. The molecule has 74 valence electrons. The van der Waals surface area contributed by atoms with Crippen LogP contribution in [-0.2, 0) is 14.3 Å². The van der Waals surface area contributed by atoms with Gasteiger partial charge < -0.3 is 14.6 Å². The van der Waals surface area contributed by atoms with Crippen molar-refractivity contribution in [3.8, 4) is 0 Å². The molecule has 0 bridgehead atoms. The zero-order valence-electron chi connectivity index (χ0n) is 7.66. The Hall–Kier alpha value is -1.29. The molecule has 1 N–H and O–H groups in total. The van der Waals surface area contributed by atoms with E-state index in [-0.39, 0.29) is 13.2 Å². The van der Waals surface area contributed by atoms with Crippen molar-refractivity contribution in [1.29, 1.82) is 0 Å². The van der Waals surface area contributed by atoms with E-state index in [9.17, 15) is 4.79 Å². The fourth-order valence-corrected chi connectivity index (χ4v) is 0.563. The number of hydrogen-bond acceptors (Lipinski definition) is 4. The van der Waals surface area contributed by atoms with Crippen LogP contribution in [0.4, 0.5) is 0 Å². The minimum absolute atomic E-state index is 0.00574. The van der Waals surface area contributed by atoms with Gasteiger partial charge in [-0.3, -0.25) is 0 Å². The van der Waals surface area contributed by atoms with Crippen LogP contribution in [-0.4, -0.2) is 30.4 Å². The Bertz CT molecular complexity index is 198. The predicted molar refractivity (Wildman–Crippen MR) is 47.9 cm³/mol. The van der Waals surface area contributed by atoms with Gasteiger partial charge in [0.2, 0.25) is 0 Å². The van der Waals surface area contributed by atoms with Crippen molar-refractivity contribution in [1.82, 2.24) is 0 Å².